The van der Waals surface area contributed by atoms with Crippen molar-refractivity contribution in [3.05, 3.63) is 0 Å². The van der Waals surface area contributed by atoms with Gasteiger partial charge in [0.05, 0.1) is 0 Å². The normalized spacial score (nSPS) is 31.2. The molecule has 50 heavy (non-hydrogen) atoms. The molecule has 0 unspecified atom stereocenters. The Kier molecular flexibility index (Phi) is 17.6. The molecule has 15 heteroatoms. The molecule has 0 N–H and O–H groups in total. The van der Waals surface area contributed by atoms with Crippen LogP contribution in [0.4, 0.5) is 0 Å². The van der Waals surface area contributed by atoms with Crippen LogP contribution in [0.25, 0.3) is 0 Å². The molecule has 1 fully saturated rings. The third-order valence-electron chi connectivity index (χ3n) is 8.42. The zero-order valence-electron chi connectivity index (χ0n) is 36.2. The summed E-state index contributed by atoms with van der Waals surface area (Å²) >= 11 is 0. The molecule has 0 radical (unpaired) electrons. The number of hydrogen-bond acceptors (Lipinski definition) is 10. The molecule has 1 saturated heterocycles. The van der Waals surface area contributed by atoms with Crippen molar-refractivity contribution in [3.63, 3.8) is 0 Å². The first-order chi connectivity index (χ1) is 22.6. The first-order valence-corrected chi connectivity index (χ1v) is 27.9. The summed E-state index contributed by atoms with van der Waals surface area (Å²) in [4.78, 5) is 0. The van der Waals surface area contributed by atoms with Crippen molar-refractivity contribution in [1.29, 1.82) is 0 Å². The lowest BCUT2D eigenvalue weighted by atomic mass is 10.3. The molecule has 0 bridgehead atoms. The van der Waals surface area contributed by atoms with Crippen LogP contribution < -0.4 is 0 Å². The topological polar surface area (TPSA) is 92.3 Å². The number of hydrogen-bond donors (Lipinski definition) is 0. The Morgan fingerprint density at radius 2 is 0.400 bits per heavy atom. The maximum absolute atomic E-state index is 7.74. The minimum absolute atomic E-state index is 0.424. The summed E-state index contributed by atoms with van der Waals surface area (Å²) in [7, 11) is -19.7. The van der Waals surface area contributed by atoms with Crippen molar-refractivity contribution < 1.29 is 42.7 Å². The fourth-order valence-electron chi connectivity index (χ4n) is 5.08. The van der Waals surface area contributed by atoms with Gasteiger partial charge in [0.25, 0.3) is 0 Å². The van der Waals surface area contributed by atoms with Gasteiger partial charge in [0.15, 0.2) is 0 Å². The Hall–Kier alpha value is 0.684. The first-order valence-electron chi connectivity index (χ1n) is 19.3. The van der Waals surface area contributed by atoms with Gasteiger partial charge in [-0.15, -0.1) is 0 Å². The average molecular weight is 801 g/mol. The van der Waals surface area contributed by atoms with Crippen LogP contribution in [0.3, 0.4) is 0 Å². The smallest absolute Gasteiger partial charge is 0.374 e. The standard InChI is InChI=1S/C35H80O10Si5/c1-21-26-36-46(31(6,7)8)41-47(32(9,10)11,37-27-22-2)43-49(34(15,16)17,39-29-24-4)45-50(35(18,19)20,40-30-25-5)44-48(42-46,33(12,13)14)38-28-23-3/h21-30H2,1-20H3. The molecule has 0 atom stereocenters. The van der Waals surface area contributed by atoms with Crippen LogP contribution in [-0.4, -0.2) is 77.1 Å². The Morgan fingerprint density at radius 1 is 0.280 bits per heavy atom. The second-order valence-electron chi connectivity index (χ2n) is 18.8. The minimum atomic E-state index is -3.94. The maximum Gasteiger partial charge on any atom is 0.491 e. The van der Waals surface area contributed by atoms with Crippen LogP contribution in [0.1, 0.15) is 171 Å². The van der Waals surface area contributed by atoms with Crippen LogP contribution in [0.5, 0.6) is 0 Å². The van der Waals surface area contributed by atoms with E-state index in [1.54, 1.807) is 0 Å². The van der Waals surface area contributed by atoms with Gasteiger partial charge in [-0.25, -0.2) is 0 Å². The molecule has 0 saturated carbocycles. The molecule has 1 heterocycles. The highest BCUT2D eigenvalue weighted by molar-refractivity contribution is 6.92. The Morgan fingerprint density at radius 3 is 0.480 bits per heavy atom. The van der Waals surface area contributed by atoms with Crippen molar-refractivity contribution in [2.24, 2.45) is 0 Å². The van der Waals surface area contributed by atoms with Crippen LogP contribution in [0, 0.1) is 0 Å². The molecule has 1 rings (SSSR count). The van der Waals surface area contributed by atoms with Gasteiger partial charge in [-0.1, -0.05) is 138 Å². The lowest BCUT2D eigenvalue weighted by molar-refractivity contribution is -0.0162. The summed E-state index contributed by atoms with van der Waals surface area (Å²) in [5, 5.41) is -3.20. The van der Waals surface area contributed by atoms with Crippen molar-refractivity contribution in [1.82, 2.24) is 0 Å². The van der Waals surface area contributed by atoms with Crippen LogP contribution in [0.15, 0.2) is 0 Å². The van der Waals surface area contributed by atoms with Gasteiger partial charge >= 0.3 is 44.0 Å². The molecule has 300 valence electrons. The first kappa shape index (κ1) is 48.7. The SMILES string of the molecule is CCCO[Si]1(C(C)(C)C)O[Si](OCCC)(C(C)(C)C)O[Si](OCCC)(C(C)(C)C)O[Si](OCCC)(C(C)(C)C)O[Si](OCCC)(C(C)(C)C)O1. The predicted molar refractivity (Wildman–Crippen MR) is 214 cm³/mol. The molecule has 0 aromatic heterocycles. The molecule has 0 aromatic carbocycles. The molecule has 0 aliphatic carbocycles. The van der Waals surface area contributed by atoms with E-state index in [9.17, 15) is 0 Å². The van der Waals surface area contributed by atoms with Crippen LogP contribution in [0.2, 0.25) is 25.2 Å². The molecule has 1 aliphatic heterocycles. The zero-order valence-corrected chi connectivity index (χ0v) is 41.2. The van der Waals surface area contributed by atoms with E-state index in [-0.39, 0.29) is 0 Å². The summed E-state index contributed by atoms with van der Waals surface area (Å²) in [5.74, 6) is 0. The fraction of sp³-hybridized carbons (Fsp3) is 1.00. The summed E-state index contributed by atoms with van der Waals surface area (Å²) < 4.78 is 74.2. The van der Waals surface area contributed by atoms with E-state index < -0.39 is 69.2 Å². The molecule has 0 spiro atoms. The molecule has 0 aromatic rings. The predicted octanol–water partition coefficient (Wildman–Crippen LogP) is 10.9. The second kappa shape index (κ2) is 18.1. The van der Waals surface area contributed by atoms with Crippen molar-refractivity contribution in [2.75, 3.05) is 33.0 Å². The monoisotopic (exact) mass is 800 g/mol. The van der Waals surface area contributed by atoms with Gasteiger partial charge in [0.2, 0.25) is 0 Å². The third kappa shape index (κ3) is 10.9. The van der Waals surface area contributed by atoms with Crippen molar-refractivity contribution >= 4 is 44.0 Å². The number of rotatable bonds is 15. The van der Waals surface area contributed by atoms with Gasteiger partial charge < -0.3 is 42.7 Å². The Labute approximate surface area is 314 Å². The van der Waals surface area contributed by atoms with Gasteiger partial charge in [-0.3, -0.25) is 0 Å². The fourth-order valence-corrected chi connectivity index (χ4v) is 34.0. The van der Waals surface area contributed by atoms with E-state index >= 15 is 0 Å². The summed E-state index contributed by atoms with van der Waals surface area (Å²) in [5.41, 5.74) is 0. The highest BCUT2D eigenvalue weighted by Crippen LogP contribution is 2.57. The van der Waals surface area contributed by atoms with E-state index in [2.05, 4.69) is 138 Å². The Bertz CT molecular complexity index is 816. The van der Waals surface area contributed by atoms with Gasteiger partial charge in [0, 0.05) is 58.2 Å². The van der Waals surface area contributed by atoms with Crippen LogP contribution in [-0.2, 0) is 42.7 Å². The lowest BCUT2D eigenvalue weighted by Crippen LogP contribution is -2.79. The highest BCUT2D eigenvalue weighted by atomic mass is 28.6. The summed E-state index contributed by atoms with van der Waals surface area (Å²) in [6.07, 6.45) is 3.83. The molecule has 0 amide bonds. The van der Waals surface area contributed by atoms with E-state index in [4.69, 9.17) is 42.7 Å². The summed E-state index contributed by atoms with van der Waals surface area (Å²) in [6.45, 7) is 44.6. The summed E-state index contributed by atoms with van der Waals surface area (Å²) in [6, 6.07) is 0. The highest BCUT2D eigenvalue weighted by Gasteiger charge is 2.78. The van der Waals surface area contributed by atoms with E-state index in [1.807, 2.05) is 0 Å². The van der Waals surface area contributed by atoms with Crippen molar-refractivity contribution in [2.45, 2.75) is 196 Å². The van der Waals surface area contributed by atoms with Gasteiger partial charge in [0.1, 0.15) is 0 Å². The molecular weight excluding hydrogens is 721 g/mol. The zero-order chi connectivity index (χ0) is 39.1. The van der Waals surface area contributed by atoms with E-state index in [1.165, 1.54) is 0 Å². The van der Waals surface area contributed by atoms with E-state index in [0.29, 0.717) is 33.0 Å². The Balaban J connectivity index is 4.89. The van der Waals surface area contributed by atoms with Crippen LogP contribution >= 0.6 is 0 Å². The third-order valence-corrected chi connectivity index (χ3v) is 31.3. The minimum Gasteiger partial charge on any atom is -0.374 e. The maximum atomic E-state index is 7.74. The van der Waals surface area contributed by atoms with Crippen molar-refractivity contribution in [3.8, 4) is 0 Å². The molecular formula is C35H80O10Si5. The second-order valence-corrected chi connectivity index (χ2v) is 37.4. The van der Waals surface area contributed by atoms with Gasteiger partial charge in [-0.05, 0) is 32.1 Å². The lowest BCUT2D eigenvalue weighted by Gasteiger charge is -2.58. The molecule has 1 aliphatic rings. The van der Waals surface area contributed by atoms with Gasteiger partial charge in [-0.2, -0.15) is 0 Å². The van der Waals surface area contributed by atoms with E-state index in [0.717, 1.165) is 32.1 Å². The average Bonchev–Trinajstić information content (AvgIpc) is 2.95. The molecule has 10 nitrogen and oxygen atoms in total. The largest absolute Gasteiger partial charge is 0.491 e. The quantitative estimate of drug-likeness (QED) is 0.149.